The minimum Gasteiger partial charge on any atom is -0.495 e. The molecular weight excluding hydrogens is 260 g/mol. The van der Waals surface area contributed by atoms with Gasteiger partial charge in [0.05, 0.1) is 19.2 Å². The lowest BCUT2D eigenvalue weighted by molar-refractivity contribution is -0.124. The third-order valence-corrected chi connectivity index (χ3v) is 2.94. The lowest BCUT2D eigenvalue weighted by Gasteiger charge is -2.23. The van der Waals surface area contributed by atoms with Crippen LogP contribution in [0.25, 0.3) is 0 Å². The molecule has 1 aromatic rings. The molecule has 1 atom stereocenters. The van der Waals surface area contributed by atoms with E-state index < -0.39 is 6.04 Å². The molecule has 3 N–H and O–H groups in total. The number of nitrogens with zero attached hydrogens (tertiary/aromatic N) is 1. The largest absolute Gasteiger partial charge is 0.495 e. The summed E-state index contributed by atoms with van der Waals surface area (Å²) < 4.78 is 5.14. The van der Waals surface area contributed by atoms with E-state index in [-0.39, 0.29) is 24.9 Å². The van der Waals surface area contributed by atoms with Gasteiger partial charge >= 0.3 is 0 Å². The summed E-state index contributed by atoms with van der Waals surface area (Å²) >= 11 is 0. The molecule has 0 spiro atoms. The van der Waals surface area contributed by atoms with Crippen molar-refractivity contribution in [3.63, 3.8) is 0 Å². The van der Waals surface area contributed by atoms with Crippen molar-refractivity contribution in [2.45, 2.75) is 6.04 Å². The van der Waals surface area contributed by atoms with E-state index in [9.17, 15) is 9.59 Å². The highest BCUT2D eigenvalue weighted by molar-refractivity contribution is 5.98. The first-order valence-corrected chi connectivity index (χ1v) is 6.03. The third kappa shape index (κ3) is 2.87. The third-order valence-electron chi connectivity index (χ3n) is 2.94. The van der Waals surface area contributed by atoms with Crippen LogP contribution in [-0.2, 0) is 9.59 Å². The van der Waals surface area contributed by atoms with Crippen LogP contribution in [0.5, 0.6) is 5.75 Å². The number of para-hydroxylation sites is 1. The van der Waals surface area contributed by atoms with Crippen molar-refractivity contribution in [2.75, 3.05) is 25.5 Å². The lowest BCUT2D eigenvalue weighted by Crippen LogP contribution is -2.56. The first-order valence-electron chi connectivity index (χ1n) is 6.03. The fourth-order valence-corrected chi connectivity index (χ4v) is 1.89. The predicted octanol–water partition coefficient (Wildman–Crippen LogP) is -0.407. The van der Waals surface area contributed by atoms with E-state index in [1.165, 1.54) is 7.11 Å². The Hall–Kier alpha value is -2.59. The maximum atomic E-state index is 12.1. The summed E-state index contributed by atoms with van der Waals surface area (Å²) in [5.41, 5.74) is 0.652. The summed E-state index contributed by atoms with van der Waals surface area (Å²) in [6.07, 6.45) is 0. The first-order chi connectivity index (χ1) is 9.65. The van der Waals surface area contributed by atoms with Gasteiger partial charge in [-0.05, 0) is 12.1 Å². The maximum absolute atomic E-state index is 12.1. The smallest absolute Gasteiger partial charge is 0.243 e. The van der Waals surface area contributed by atoms with Crippen molar-refractivity contribution >= 4 is 17.5 Å². The fraction of sp³-hybridized carbons (Fsp3) is 0.308. The van der Waals surface area contributed by atoms with Crippen LogP contribution in [0, 0.1) is 11.3 Å². The maximum Gasteiger partial charge on any atom is 0.243 e. The van der Waals surface area contributed by atoms with Crippen LogP contribution in [0.4, 0.5) is 5.69 Å². The molecule has 1 aliphatic rings. The van der Waals surface area contributed by atoms with Crippen molar-refractivity contribution in [1.29, 1.82) is 5.26 Å². The SMILES string of the molecule is COc1cccc(C#N)c1NC(=O)C1CNC(=O)CN1. The summed E-state index contributed by atoms with van der Waals surface area (Å²) in [6, 6.07) is 6.39. The van der Waals surface area contributed by atoms with Crippen LogP contribution in [0.3, 0.4) is 0 Å². The number of anilines is 1. The van der Waals surface area contributed by atoms with Gasteiger partial charge in [0.2, 0.25) is 11.8 Å². The van der Waals surface area contributed by atoms with Crippen LogP contribution in [0.15, 0.2) is 18.2 Å². The summed E-state index contributed by atoms with van der Waals surface area (Å²) in [7, 11) is 1.46. The van der Waals surface area contributed by atoms with Crippen molar-refractivity contribution in [3.05, 3.63) is 23.8 Å². The number of carbonyl (C=O) groups excluding carboxylic acids is 2. The molecule has 0 radical (unpaired) electrons. The topological polar surface area (TPSA) is 103 Å². The zero-order valence-electron chi connectivity index (χ0n) is 10.9. The van der Waals surface area contributed by atoms with Crippen LogP contribution < -0.4 is 20.7 Å². The van der Waals surface area contributed by atoms with Crippen molar-refractivity contribution in [2.24, 2.45) is 0 Å². The molecule has 7 heteroatoms. The van der Waals surface area contributed by atoms with E-state index in [0.29, 0.717) is 17.0 Å². The molecule has 1 heterocycles. The van der Waals surface area contributed by atoms with Gasteiger partial charge in [-0.2, -0.15) is 5.26 Å². The number of methoxy groups -OCH3 is 1. The normalized spacial score (nSPS) is 17.8. The highest BCUT2D eigenvalue weighted by Gasteiger charge is 2.25. The number of benzene rings is 1. The van der Waals surface area contributed by atoms with Crippen LogP contribution >= 0.6 is 0 Å². The Morgan fingerprint density at radius 1 is 1.55 bits per heavy atom. The quantitative estimate of drug-likeness (QED) is 0.695. The highest BCUT2D eigenvalue weighted by Crippen LogP contribution is 2.27. The second-order valence-corrected chi connectivity index (χ2v) is 4.22. The van der Waals surface area contributed by atoms with Gasteiger partial charge in [-0.25, -0.2) is 0 Å². The van der Waals surface area contributed by atoms with E-state index in [4.69, 9.17) is 10.00 Å². The Labute approximate surface area is 115 Å². The average Bonchev–Trinajstić information content (AvgIpc) is 2.48. The van der Waals surface area contributed by atoms with Gasteiger partial charge < -0.3 is 15.4 Å². The van der Waals surface area contributed by atoms with E-state index in [2.05, 4.69) is 16.0 Å². The van der Waals surface area contributed by atoms with Crippen molar-refractivity contribution < 1.29 is 14.3 Å². The zero-order chi connectivity index (χ0) is 14.5. The second-order valence-electron chi connectivity index (χ2n) is 4.22. The van der Waals surface area contributed by atoms with E-state index in [0.717, 1.165) is 0 Å². The van der Waals surface area contributed by atoms with E-state index in [1.54, 1.807) is 18.2 Å². The Morgan fingerprint density at radius 3 is 2.95 bits per heavy atom. The molecule has 0 saturated carbocycles. The molecule has 7 nitrogen and oxygen atoms in total. The average molecular weight is 274 g/mol. The summed E-state index contributed by atoms with van der Waals surface area (Å²) in [5.74, 6) is -0.0627. The van der Waals surface area contributed by atoms with Crippen molar-refractivity contribution in [3.8, 4) is 11.8 Å². The molecule has 0 bridgehead atoms. The number of rotatable bonds is 3. The molecule has 1 aliphatic heterocycles. The Morgan fingerprint density at radius 2 is 2.35 bits per heavy atom. The molecule has 1 aromatic carbocycles. The van der Waals surface area contributed by atoms with Crippen LogP contribution in [0.2, 0.25) is 0 Å². The van der Waals surface area contributed by atoms with Gasteiger partial charge in [0.15, 0.2) is 0 Å². The predicted molar refractivity (Wildman–Crippen MR) is 71.1 cm³/mol. The lowest BCUT2D eigenvalue weighted by atomic mass is 10.1. The number of hydrogen-bond acceptors (Lipinski definition) is 5. The summed E-state index contributed by atoms with van der Waals surface area (Å²) in [5, 5.41) is 17.1. The number of carbonyl (C=O) groups is 2. The molecule has 0 aromatic heterocycles. The summed E-state index contributed by atoms with van der Waals surface area (Å²) in [6.45, 7) is 0.302. The van der Waals surface area contributed by atoms with E-state index >= 15 is 0 Å². The number of piperazine rings is 1. The second kappa shape index (κ2) is 6.04. The molecule has 1 unspecified atom stereocenters. The molecular formula is C13H14N4O3. The standard InChI is InChI=1S/C13H14N4O3/c1-20-10-4-2-3-8(5-14)12(10)17-13(19)9-6-16-11(18)7-15-9/h2-4,9,15H,6-7H2,1H3,(H,16,18)(H,17,19). The first kappa shape index (κ1) is 13.8. The molecule has 2 rings (SSSR count). The number of nitrogens with one attached hydrogen (secondary N) is 3. The van der Waals surface area contributed by atoms with Gasteiger partial charge in [-0.1, -0.05) is 6.07 Å². The van der Waals surface area contributed by atoms with Crippen LogP contribution in [0.1, 0.15) is 5.56 Å². The Bertz CT molecular complexity index is 569. The molecule has 0 aliphatic carbocycles. The number of nitriles is 1. The fourth-order valence-electron chi connectivity index (χ4n) is 1.89. The molecule has 1 saturated heterocycles. The van der Waals surface area contributed by atoms with E-state index in [1.807, 2.05) is 6.07 Å². The van der Waals surface area contributed by atoms with Gasteiger partial charge in [-0.15, -0.1) is 0 Å². The van der Waals surface area contributed by atoms with Crippen molar-refractivity contribution in [1.82, 2.24) is 10.6 Å². The zero-order valence-corrected chi connectivity index (χ0v) is 10.9. The number of ether oxygens (including phenoxy) is 1. The minimum atomic E-state index is -0.538. The van der Waals surface area contributed by atoms with Gasteiger partial charge in [-0.3, -0.25) is 14.9 Å². The number of amides is 2. The molecule has 104 valence electrons. The van der Waals surface area contributed by atoms with Gasteiger partial charge in [0.25, 0.3) is 0 Å². The van der Waals surface area contributed by atoms with Crippen LogP contribution in [-0.4, -0.2) is 38.1 Å². The summed E-state index contributed by atoms with van der Waals surface area (Å²) in [4.78, 5) is 23.1. The van der Waals surface area contributed by atoms with Gasteiger partial charge in [0.1, 0.15) is 23.5 Å². The minimum absolute atomic E-state index is 0.0924. The highest BCUT2D eigenvalue weighted by atomic mass is 16.5. The molecule has 20 heavy (non-hydrogen) atoms. The monoisotopic (exact) mass is 274 g/mol. The Balaban J connectivity index is 2.15. The number of hydrogen-bond donors (Lipinski definition) is 3. The molecule has 2 amide bonds. The molecule has 1 fully saturated rings. The van der Waals surface area contributed by atoms with Gasteiger partial charge in [0, 0.05) is 6.54 Å². The Kier molecular flexibility index (Phi) is 4.17.